The SMILES string of the molecule is COc1cc(N(C)[C@@H]2CCN(C)C2)c([N+](=O)[O-])cc1Nc1nccc(-c2cn(C)c3ccccc23)n1. The van der Waals surface area contributed by atoms with Crippen LogP contribution in [0.5, 0.6) is 5.75 Å². The fourth-order valence-corrected chi connectivity index (χ4v) is 4.91. The van der Waals surface area contributed by atoms with Crippen LogP contribution in [0.4, 0.5) is 23.0 Å². The number of nitro benzene ring substituents is 1. The number of ether oxygens (including phenoxy) is 1. The molecule has 2 aromatic carbocycles. The van der Waals surface area contributed by atoms with Crippen LogP contribution in [-0.2, 0) is 7.05 Å². The number of nitrogens with one attached hydrogen (secondary N) is 1. The maximum Gasteiger partial charge on any atom is 0.294 e. The smallest absolute Gasteiger partial charge is 0.294 e. The van der Waals surface area contributed by atoms with E-state index in [1.54, 1.807) is 19.4 Å². The molecule has 1 aliphatic rings. The highest BCUT2D eigenvalue weighted by molar-refractivity contribution is 5.95. The first-order chi connectivity index (χ1) is 17.4. The van der Waals surface area contributed by atoms with Crippen molar-refractivity contribution in [2.24, 2.45) is 7.05 Å². The molecule has 0 aliphatic carbocycles. The van der Waals surface area contributed by atoms with Crippen molar-refractivity contribution in [3.8, 4) is 17.0 Å². The van der Waals surface area contributed by atoms with Crippen LogP contribution < -0.4 is 15.0 Å². The van der Waals surface area contributed by atoms with E-state index in [-0.39, 0.29) is 16.7 Å². The molecule has 1 aliphatic heterocycles. The molecule has 1 N–H and O–H groups in total. The molecule has 10 heteroatoms. The predicted molar refractivity (Wildman–Crippen MR) is 141 cm³/mol. The van der Waals surface area contributed by atoms with Crippen LogP contribution in [0.25, 0.3) is 22.2 Å². The number of methoxy groups -OCH3 is 1. The van der Waals surface area contributed by atoms with Gasteiger partial charge in [0, 0.05) is 67.7 Å². The summed E-state index contributed by atoms with van der Waals surface area (Å²) in [5, 5.41) is 16.3. The largest absolute Gasteiger partial charge is 0.494 e. The fourth-order valence-electron chi connectivity index (χ4n) is 4.91. The molecule has 3 heterocycles. The molecule has 10 nitrogen and oxygen atoms in total. The molecule has 4 aromatic rings. The third kappa shape index (κ3) is 4.31. The summed E-state index contributed by atoms with van der Waals surface area (Å²) in [7, 11) is 7.50. The molecule has 0 spiro atoms. The summed E-state index contributed by atoms with van der Waals surface area (Å²) in [5.74, 6) is 0.805. The minimum Gasteiger partial charge on any atom is -0.494 e. The third-order valence-corrected chi connectivity index (χ3v) is 6.86. The van der Waals surface area contributed by atoms with Crippen molar-refractivity contribution in [1.82, 2.24) is 19.4 Å². The highest BCUT2D eigenvalue weighted by Crippen LogP contribution is 2.40. The van der Waals surface area contributed by atoms with E-state index in [0.717, 1.165) is 41.7 Å². The summed E-state index contributed by atoms with van der Waals surface area (Å²) < 4.78 is 7.68. The van der Waals surface area contributed by atoms with Gasteiger partial charge in [-0.2, -0.15) is 0 Å². The standard InChI is InChI=1S/C26H29N7O3/c1-30-12-10-17(15-30)32(3)23-14-25(36-4)21(13-24(23)33(34)35)29-26-27-11-9-20(28-26)19-16-31(2)22-8-6-5-7-18(19)22/h5-9,11,13-14,16-17H,10,12,15H2,1-4H3,(H,27,28,29)/t17-/m1/s1. The Hall–Kier alpha value is -4.18. The second-order valence-corrected chi connectivity index (χ2v) is 9.18. The molecule has 0 unspecified atom stereocenters. The highest BCUT2D eigenvalue weighted by atomic mass is 16.6. The lowest BCUT2D eigenvalue weighted by Gasteiger charge is -2.27. The van der Waals surface area contributed by atoms with Crippen LogP contribution in [-0.4, -0.2) is 64.7 Å². The lowest BCUT2D eigenvalue weighted by atomic mass is 10.1. The summed E-state index contributed by atoms with van der Waals surface area (Å²) in [6, 6.07) is 13.4. The van der Waals surface area contributed by atoms with E-state index in [2.05, 4.69) is 38.9 Å². The number of nitrogens with zero attached hydrogens (tertiary/aromatic N) is 6. The van der Waals surface area contributed by atoms with Gasteiger partial charge < -0.3 is 24.4 Å². The zero-order valence-electron chi connectivity index (χ0n) is 20.8. The highest BCUT2D eigenvalue weighted by Gasteiger charge is 2.29. The maximum absolute atomic E-state index is 12.0. The van der Waals surface area contributed by atoms with Gasteiger partial charge in [0.2, 0.25) is 5.95 Å². The first-order valence-electron chi connectivity index (χ1n) is 11.8. The van der Waals surface area contributed by atoms with Gasteiger partial charge >= 0.3 is 0 Å². The molecule has 1 atom stereocenters. The van der Waals surface area contributed by atoms with Gasteiger partial charge in [-0.3, -0.25) is 10.1 Å². The van der Waals surface area contributed by atoms with Gasteiger partial charge in [0.15, 0.2) is 0 Å². The fraction of sp³-hybridized carbons (Fsp3) is 0.308. The molecular weight excluding hydrogens is 458 g/mol. The van der Waals surface area contributed by atoms with E-state index in [4.69, 9.17) is 9.72 Å². The monoisotopic (exact) mass is 487 g/mol. The van der Waals surface area contributed by atoms with Crippen molar-refractivity contribution in [3.05, 3.63) is 65.0 Å². The van der Waals surface area contributed by atoms with Crippen molar-refractivity contribution >= 4 is 33.9 Å². The van der Waals surface area contributed by atoms with E-state index in [1.165, 1.54) is 6.07 Å². The number of hydrogen-bond acceptors (Lipinski definition) is 8. The Morgan fingerprint density at radius 1 is 1.22 bits per heavy atom. The van der Waals surface area contributed by atoms with Crippen molar-refractivity contribution < 1.29 is 9.66 Å². The van der Waals surface area contributed by atoms with Crippen LogP contribution in [0.15, 0.2) is 54.9 Å². The number of aromatic nitrogens is 3. The Kier molecular flexibility index (Phi) is 6.19. The Bertz CT molecular complexity index is 1430. The predicted octanol–water partition coefficient (Wildman–Crippen LogP) is 4.44. The minimum atomic E-state index is -0.359. The molecule has 36 heavy (non-hydrogen) atoms. The molecule has 2 aromatic heterocycles. The van der Waals surface area contributed by atoms with Gasteiger partial charge in [0.25, 0.3) is 5.69 Å². The number of likely N-dealkylation sites (tertiary alicyclic amines) is 1. The minimum absolute atomic E-state index is 0.000519. The van der Waals surface area contributed by atoms with Gasteiger partial charge in [-0.1, -0.05) is 18.2 Å². The van der Waals surface area contributed by atoms with Gasteiger partial charge in [0.05, 0.1) is 23.4 Å². The Balaban J connectivity index is 1.50. The molecule has 0 amide bonds. The average molecular weight is 488 g/mol. The van der Waals surface area contributed by atoms with Crippen LogP contribution >= 0.6 is 0 Å². The number of benzene rings is 2. The Labute approximate surface area is 209 Å². The average Bonchev–Trinajstić information content (AvgIpc) is 3.47. The first-order valence-corrected chi connectivity index (χ1v) is 11.8. The molecule has 1 fully saturated rings. The molecular formula is C26H29N7O3. The number of rotatable bonds is 7. The number of fused-ring (bicyclic) bond motifs is 1. The van der Waals surface area contributed by atoms with Crippen LogP contribution in [0, 0.1) is 10.1 Å². The second kappa shape index (κ2) is 9.46. The van der Waals surface area contributed by atoms with Crippen LogP contribution in [0.2, 0.25) is 0 Å². The molecule has 0 radical (unpaired) electrons. The number of likely N-dealkylation sites (N-methyl/N-ethyl adjacent to an activating group) is 2. The summed E-state index contributed by atoms with van der Waals surface area (Å²) in [5.41, 5.74) is 3.79. The van der Waals surface area contributed by atoms with Gasteiger partial charge in [-0.25, -0.2) is 9.97 Å². The summed E-state index contributed by atoms with van der Waals surface area (Å²) in [6.45, 7) is 1.81. The van der Waals surface area contributed by atoms with E-state index in [1.807, 2.05) is 43.4 Å². The van der Waals surface area contributed by atoms with E-state index < -0.39 is 0 Å². The quantitative estimate of drug-likeness (QED) is 0.302. The van der Waals surface area contributed by atoms with Crippen molar-refractivity contribution in [3.63, 3.8) is 0 Å². The first kappa shape index (κ1) is 23.6. The third-order valence-electron chi connectivity index (χ3n) is 6.86. The lowest BCUT2D eigenvalue weighted by molar-refractivity contribution is -0.384. The number of para-hydroxylation sites is 1. The summed E-state index contributed by atoms with van der Waals surface area (Å²) in [6.07, 6.45) is 4.65. The van der Waals surface area contributed by atoms with Crippen LogP contribution in [0.1, 0.15) is 6.42 Å². The zero-order chi connectivity index (χ0) is 25.4. The summed E-state index contributed by atoms with van der Waals surface area (Å²) in [4.78, 5) is 24.9. The van der Waals surface area contributed by atoms with Crippen molar-refractivity contribution in [2.45, 2.75) is 12.5 Å². The molecule has 0 bridgehead atoms. The van der Waals surface area contributed by atoms with Crippen molar-refractivity contribution in [1.29, 1.82) is 0 Å². The molecule has 0 saturated carbocycles. The zero-order valence-corrected chi connectivity index (χ0v) is 20.8. The number of aryl methyl sites for hydroxylation is 1. The summed E-state index contributed by atoms with van der Waals surface area (Å²) >= 11 is 0. The van der Waals surface area contributed by atoms with E-state index in [0.29, 0.717) is 23.1 Å². The molecule has 5 rings (SSSR count). The Morgan fingerprint density at radius 2 is 2.03 bits per heavy atom. The van der Waals surface area contributed by atoms with E-state index >= 15 is 0 Å². The van der Waals surface area contributed by atoms with Crippen molar-refractivity contribution in [2.75, 3.05) is 44.5 Å². The topological polar surface area (TPSA) is 102 Å². The normalized spacial score (nSPS) is 15.8. The van der Waals surface area contributed by atoms with Gasteiger partial charge in [-0.15, -0.1) is 0 Å². The second-order valence-electron chi connectivity index (χ2n) is 9.18. The maximum atomic E-state index is 12.0. The van der Waals surface area contributed by atoms with E-state index in [9.17, 15) is 10.1 Å². The number of hydrogen-bond donors (Lipinski definition) is 1. The Morgan fingerprint density at radius 3 is 2.75 bits per heavy atom. The molecule has 1 saturated heterocycles. The van der Waals surface area contributed by atoms with Gasteiger partial charge in [0.1, 0.15) is 11.4 Å². The number of anilines is 3. The number of nitro groups is 1. The van der Waals surface area contributed by atoms with Gasteiger partial charge in [-0.05, 0) is 32.1 Å². The molecule has 186 valence electrons. The van der Waals surface area contributed by atoms with Crippen LogP contribution in [0.3, 0.4) is 0 Å². The lowest BCUT2D eigenvalue weighted by Crippen LogP contribution is -2.34.